The number of hydrogen-bond donors (Lipinski definition) is 2. The Morgan fingerprint density at radius 3 is 2.41 bits per heavy atom. The van der Waals surface area contributed by atoms with Crippen LogP contribution in [-0.4, -0.2) is 25.6 Å². The molecule has 0 unspecified atom stereocenters. The van der Waals surface area contributed by atoms with E-state index in [-0.39, 0.29) is 11.9 Å². The smallest absolute Gasteiger partial charge is 0.256 e. The molecule has 1 aromatic heterocycles. The molecule has 0 spiro atoms. The lowest BCUT2D eigenvalue weighted by atomic mass is 9.95. The van der Waals surface area contributed by atoms with E-state index in [1.165, 1.54) is 35.3 Å². The van der Waals surface area contributed by atoms with Crippen molar-refractivity contribution in [3.8, 4) is 5.75 Å². The molecule has 1 saturated heterocycles. The van der Waals surface area contributed by atoms with Gasteiger partial charge < -0.3 is 15.0 Å². The van der Waals surface area contributed by atoms with Gasteiger partial charge in [0.2, 0.25) is 0 Å². The quantitative estimate of drug-likeness (QED) is 0.501. The SMILES string of the molecule is CCOc1ccc([C@H](c2cc(CC)sc2NC(=O)c2ccccc2)[NH+]2CCCCC2)cc1. The molecule has 5 heteroatoms. The molecule has 0 bridgehead atoms. The standard InChI is InChI=1S/C27H32N2O2S/c1-3-23-19-24(27(32-23)28-26(30)21-11-7-5-8-12-21)25(29-17-9-6-10-18-29)20-13-15-22(16-14-20)31-4-2/h5,7-8,11-16,19,25H,3-4,6,9-10,17-18H2,1-2H3,(H,28,30)/p+1/t25-/m1/s1. The Balaban J connectivity index is 1.71. The number of quaternary nitrogens is 1. The van der Waals surface area contributed by atoms with Crippen LogP contribution in [0.1, 0.15) is 65.5 Å². The zero-order valence-corrected chi connectivity index (χ0v) is 19.8. The molecule has 32 heavy (non-hydrogen) atoms. The lowest BCUT2D eigenvalue weighted by Crippen LogP contribution is -3.13. The average molecular weight is 450 g/mol. The summed E-state index contributed by atoms with van der Waals surface area (Å²) in [5.41, 5.74) is 3.20. The maximum absolute atomic E-state index is 13.0. The first-order chi connectivity index (χ1) is 15.7. The van der Waals surface area contributed by atoms with Gasteiger partial charge in [-0.25, -0.2) is 0 Å². The number of benzene rings is 2. The number of thiophene rings is 1. The third-order valence-corrected chi connectivity index (χ3v) is 7.37. The Hall–Kier alpha value is -2.63. The molecule has 2 N–H and O–H groups in total. The number of anilines is 1. The highest BCUT2D eigenvalue weighted by Gasteiger charge is 2.31. The van der Waals surface area contributed by atoms with Crippen LogP contribution in [0.4, 0.5) is 5.00 Å². The first-order valence-electron chi connectivity index (χ1n) is 11.8. The van der Waals surface area contributed by atoms with Gasteiger partial charge in [-0.15, -0.1) is 11.3 Å². The summed E-state index contributed by atoms with van der Waals surface area (Å²) >= 11 is 1.71. The van der Waals surface area contributed by atoms with Gasteiger partial charge in [-0.05, 0) is 75.1 Å². The molecule has 2 aromatic carbocycles. The molecule has 0 radical (unpaired) electrons. The second kappa shape index (κ2) is 10.8. The van der Waals surface area contributed by atoms with Gasteiger partial charge in [0.1, 0.15) is 16.8 Å². The van der Waals surface area contributed by atoms with Gasteiger partial charge in [0, 0.05) is 21.6 Å². The third-order valence-electron chi connectivity index (χ3n) is 6.16. The molecule has 0 saturated carbocycles. The summed E-state index contributed by atoms with van der Waals surface area (Å²) in [4.78, 5) is 15.9. The van der Waals surface area contributed by atoms with Gasteiger partial charge >= 0.3 is 0 Å². The molecule has 4 nitrogen and oxygen atoms in total. The van der Waals surface area contributed by atoms with Crippen molar-refractivity contribution in [1.29, 1.82) is 0 Å². The van der Waals surface area contributed by atoms with Gasteiger partial charge in [0.15, 0.2) is 0 Å². The van der Waals surface area contributed by atoms with Crippen LogP contribution in [0.2, 0.25) is 0 Å². The van der Waals surface area contributed by atoms with E-state index in [0.717, 1.165) is 30.3 Å². The van der Waals surface area contributed by atoms with Crippen molar-refractivity contribution in [3.63, 3.8) is 0 Å². The molecule has 4 rings (SSSR count). The topological polar surface area (TPSA) is 42.8 Å². The first kappa shape index (κ1) is 22.6. The van der Waals surface area contributed by atoms with Crippen LogP contribution in [0.3, 0.4) is 0 Å². The predicted octanol–water partition coefficient (Wildman–Crippen LogP) is 5.12. The summed E-state index contributed by atoms with van der Waals surface area (Å²) in [6.45, 7) is 7.16. The predicted molar refractivity (Wildman–Crippen MR) is 132 cm³/mol. The Kier molecular flexibility index (Phi) is 7.61. The summed E-state index contributed by atoms with van der Waals surface area (Å²) in [6, 6.07) is 20.5. The lowest BCUT2D eigenvalue weighted by Gasteiger charge is -2.32. The van der Waals surface area contributed by atoms with Crippen molar-refractivity contribution in [2.45, 2.75) is 45.6 Å². The Morgan fingerprint density at radius 1 is 1.03 bits per heavy atom. The van der Waals surface area contributed by atoms with Crippen LogP contribution in [0.25, 0.3) is 0 Å². The van der Waals surface area contributed by atoms with E-state index in [9.17, 15) is 4.79 Å². The van der Waals surface area contributed by atoms with E-state index < -0.39 is 0 Å². The number of carbonyl (C=O) groups is 1. The van der Waals surface area contributed by atoms with E-state index in [4.69, 9.17) is 4.74 Å². The molecular formula is C27H33N2O2S+. The summed E-state index contributed by atoms with van der Waals surface area (Å²) in [7, 11) is 0. The van der Waals surface area contributed by atoms with Crippen LogP contribution in [0.15, 0.2) is 60.7 Å². The fraction of sp³-hybridized carbons (Fsp3) is 0.370. The number of aryl methyl sites for hydroxylation is 1. The van der Waals surface area contributed by atoms with Gasteiger partial charge in [-0.3, -0.25) is 4.79 Å². The third kappa shape index (κ3) is 5.22. The highest BCUT2D eigenvalue weighted by atomic mass is 32.1. The number of piperidine rings is 1. The van der Waals surface area contributed by atoms with Crippen LogP contribution in [0, 0.1) is 0 Å². The Morgan fingerprint density at radius 2 is 1.75 bits per heavy atom. The summed E-state index contributed by atoms with van der Waals surface area (Å²) < 4.78 is 5.68. The number of likely N-dealkylation sites (tertiary alicyclic amines) is 1. The number of ether oxygens (including phenoxy) is 1. The molecule has 2 heterocycles. The molecule has 0 aliphatic carbocycles. The van der Waals surface area contributed by atoms with Gasteiger partial charge in [-0.1, -0.05) is 25.1 Å². The lowest BCUT2D eigenvalue weighted by molar-refractivity contribution is -0.930. The van der Waals surface area contributed by atoms with Gasteiger partial charge in [0.25, 0.3) is 5.91 Å². The molecule has 168 valence electrons. The zero-order chi connectivity index (χ0) is 22.3. The molecule has 3 aromatic rings. The van der Waals surface area contributed by atoms with E-state index in [1.54, 1.807) is 16.2 Å². The maximum Gasteiger partial charge on any atom is 0.256 e. The number of carbonyl (C=O) groups excluding carboxylic acids is 1. The van der Waals surface area contributed by atoms with Crippen LogP contribution < -0.4 is 15.0 Å². The molecule has 1 aliphatic rings. The van der Waals surface area contributed by atoms with E-state index in [2.05, 4.69) is 42.6 Å². The zero-order valence-electron chi connectivity index (χ0n) is 19.0. The van der Waals surface area contributed by atoms with Crippen LogP contribution in [0.5, 0.6) is 5.75 Å². The molecule has 1 aliphatic heterocycles. The minimum atomic E-state index is -0.0459. The Bertz CT molecular complexity index is 1010. The number of rotatable bonds is 8. The molecule has 1 atom stereocenters. The van der Waals surface area contributed by atoms with Crippen molar-refractivity contribution in [1.82, 2.24) is 0 Å². The summed E-state index contributed by atoms with van der Waals surface area (Å²) in [5, 5.41) is 4.22. The minimum absolute atomic E-state index is 0.0459. The van der Waals surface area contributed by atoms with Crippen molar-refractivity contribution >= 4 is 22.2 Å². The normalized spacial score (nSPS) is 15.3. The fourth-order valence-electron chi connectivity index (χ4n) is 4.56. The second-order valence-electron chi connectivity index (χ2n) is 8.32. The summed E-state index contributed by atoms with van der Waals surface area (Å²) in [6.07, 6.45) is 4.77. The van der Waals surface area contributed by atoms with Crippen molar-refractivity contribution in [3.05, 3.63) is 82.2 Å². The van der Waals surface area contributed by atoms with Crippen molar-refractivity contribution < 1.29 is 14.4 Å². The van der Waals surface area contributed by atoms with Crippen molar-refractivity contribution in [2.24, 2.45) is 0 Å². The number of nitrogens with one attached hydrogen (secondary N) is 2. The monoisotopic (exact) mass is 449 g/mol. The summed E-state index contributed by atoms with van der Waals surface area (Å²) in [5.74, 6) is 0.858. The molecule has 1 fully saturated rings. The van der Waals surface area contributed by atoms with E-state index in [0.29, 0.717) is 12.2 Å². The largest absolute Gasteiger partial charge is 0.494 e. The van der Waals surface area contributed by atoms with Gasteiger partial charge in [-0.2, -0.15) is 0 Å². The number of hydrogen-bond acceptors (Lipinski definition) is 3. The highest BCUT2D eigenvalue weighted by Crippen LogP contribution is 2.36. The average Bonchev–Trinajstić information content (AvgIpc) is 3.24. The van der Waals surface area contributed by atoms with Crippen molar-refractivity contribution in [2.75, 3.05) is 25.0 Å². The van der Waals surface area contributed by atoms with Crippen LogP contribution >= 0.6 is 11.3 Å². The fourth-order valence-corrected chi connectivity index (χ4v) is 5.59. The van der Waals surface area contributed by atoms with E-state index in [1.807, 2.05) is 37.3 Å². The van der Waals surface area contributed by atoms with Crippen LogP contribution in [-0.2, 0) is 6.42 Å². The highest BCUT2D eigenvalue weighted by molar-refractivity contribution is 7.16. The maximum atomic E-state index is 13.0. The molecule has 1 amide bonds. The Labute approximate surface area is 195 Å². The molecular weight excluding hydrogens is 416 g/mol. The van der Waals surface area contributed by atoms with E-state index >= 15 is 0 Å². The second-order valence-corrected chi connectivity index (χ2v) is 9.46. The van der Waals surface area contributed by atoms with Gasteiger partial charge in [0.05, 0.1) is 19.7 Å². The first-order valence-corrected chi connectivity index (χ1v) is 12.6. The minimum Gasteiger partial charge on any atom is -0.494 e. The number of amides is 1.